The normalized spacial score (nSPS) is 13.1. The summed E-state index contributed by atoms with van der Waals surface area (Å²) in [5.41, 5.74) is 1.22. The van der Waals surface area contributed by atoms with Crippen LogP contribution in [-0.2, 0) is 11.3 Å². The summed E-state index contributed by atoms with van der Waals surface area (Å²) < 4.78 is 10.7. The van der Waals surface area contributed by atoms with Gasteiger partial charge in [-0.15, -0.1) is 0 Å². The lowest BCUT2D eigenvalue weighted by Gasteiger charge is -2.27. The van der Waals surface area contributed by atoms with E-state index < -0.39 is 6.10 Å². The Labute approximate surface area is 135 Å². The minimum absolute atomic E-state index is 0.148. The summed E-state index contributed by atoms with van der Waals surface area (Å²) in [6.07, 6.45) is -0.311. The lowest BCUT2D eigenvalue weighted by atomic mass is 10.1. The van der Waals surface area contributed by atoms with Crippen molar-refractivity contribution in [2.24, 2.45) is 5.92 Å². The van der Waals surface area contributed by atoms with Crippen molar-refractivity contribution in [3.63, 3.8) is 0 Å². The van der Waals surface area contributed by atoms with Crippen LogP contribution in [0.15, 0.2) is 24.3 Å². The molecule has 0 aromatic heterocycles. The quantitative estimate of drug-likeness (QED) is 0.721. The van der Waals surface area contributed by atoms with Crippen LogP contribution in [0, 0.1) is 5.92 Å². The first-order valence-corrected chi connectivity index (χ1v) is 8.05. The van der Waals surface area contributed by atoms with E-state index >= 15 is 0 Å². The Morgan fingerprint density at radius 3 is 2.18 bits per heavy atom. The van der Waals surface area contributed by atoms with Crippen LogP contribution in [0.5, 0.6) is 5.75 Å². The average molecular weight is 309 g/mol. The van der Waals surface area contributed by atoms with Gasteiger partial charge in [0.15, 0.2) is 0 Å². The number of methoxy groups -OCH3 is 1. The number of hydrogen-bond acceptors (Lipinski definition) is 4. The zero-order valence-electron chi connectivity index (χ0n) is 14.6. The fourth-order valence-corrected chi connectivity index (χ4v) is 2.36. The van der Waals surface area contributed by atoms with Crippen molar-refractivity contribution in [2.75, 3.05) is 26.8 Å². The highest BCUT2D eigenvalue weighted by atomic mass is 16.5. The summed E-state index contributed by atoms with van der Waals surface area (Å²) in [4.78, 5) is 2.28. The number of aliphatic hydroxyl groups is 1. The Bertz CT molecular complexity index is 403. The molecule has 0 unspecified atom stereocenters. The Hall–Kier alpha value is -1.10. The largest absolute Gasteiger partial charge is 0.497 e. The summed E-state index contributed by atoms with van der Waals surface area (Å²) in [6, 6.07) is 8.09. The zero-order valence-corrected chi connectivity index (χ0v) is 14.6. The van der Waals surface area contributed by atoms with Crippen LogP contribution in [0.1, 0.15) is 33.3 Å². The molecular weight excluding hydrogens is 278 g/mol. The Morgan fingerprint density at radius 1 is 1.05 bits per heavy atom. The van der Waals surface area contributed by atoms with Crippen LogP contribution in [-0.4, -0.2) is 49.0 Å². The van der Waals surface area contributed by atoms with Gasteiger partial charge < -0.3 is 14.6 Å². The second-order valence-corrected chi connectivity index (χ2v) is 6.47. The third-order valence-electron chi connectivity index (χ3n) is 3.28. The molecule has 0 amide bonds. The maximum atomic E-state index is 10.2. The van der Waals surface area contributed by atoms with Crippen molar-refractivity contribution < 1.29 is 14.6 Å². The molecule has 1 aromatic rings. The minimum Gasteiger partial charge on any atom is -0.497 e. The molecule has 4 heteroatoms. The molecule has 0 aliphatic rings. The molecule has 1 aromatic carbocycles. The molecule has 0 aliphatic heterocycles. The second kappa shape index (κ2) is 9.82. The van der Waals surface area contributed by atoms with Gasteiger partial charge in [-0.05, 0) is 37.5 Å². The molecule has 0 bridgehead atoms. The number of benzene rings is 1. The van der Waals surface area contributed by atoms with Crippen LogP contribution < -0.4 is 4.74 Å². The van der Waals surface area contributed by atoms with Crippen molar-refractivity contribution in [1.29, 1.82) is 0 Å². The number of rotatable bonds is 10. The smallest absolute Gasteiger partial charge is 0.118 e. The highest BCUT2D eigenvalue weighted by Crippen LogP contribution is 2.14. The van der Waals surface area contributed by atoms with Crippen molar-refractivity contribution >= 4 is 0 Å². The van der Waals surface area contributed by atoms with E-state index in [9.17, 15) is 5.11 Å². The van der Waals surface area contributed by atoms with Gasteiger partial charge in [0.25, 0.3) is 0 Å². The predicted octanol–water partition coefficient (Wildman–Crippen LogP) is 2.94. The molecule has 1 N–H and O–H groups in total. The number of ether oxygens (including phenoxy) is 2. The standard InChI is InChI=1S/C18H31NO3/c1-14(2)10-19(12-17(20)13-22-15(3)4)11-16-6-8-18(21-5)9-7-16/h6-9,14-15,17,20H,10-13H2,1-5H3/t17-/m0/s1. The number of aliphatic hydroxyl groups excluding tert-OH is 1. The highest BCUT2D eigenvalue weighted by Gasteiger charge is 2.14. The molecule has 0 radical (unpaired) electrons. The van der Waals surface area contributed by atoms with Crippen molar-refractivity contribution in [2.45, 2.75) is 46.4 Å². The van der Waals surface area contributed by atoms with Crippen molar-refractivity contribution in [1.82, 2.24) is 4.90 Å². The maximum absolute atomic E-state index is 10.2. The molecule has 1 atom stereocenters. The Balaban J connectivity index is 2.58. The topological polar surface area (TPSA) is 41.9 Å². The Kier molecular flexibility index (Phi) is 8.46. The van der Waals surface area contributed by atoms with Crippen LogP contribution >= 0.6 is 0 Å². The maximum Gasteiger partial charge on any atom is 0.118 e. The summed E-state index contributed by atoms with van der Waals surface area (Å²) in [7, 11) is 1.67. The average Bonchev–Trinajstić information content (AvgIpc) is 2.45. The van der Waals surface area contributed by atoms with Gasteiger partial charge >= 0.3 is 0 Å². The van der Waals surface area contributed by atoms with Gasteiger partial charge in [-0.3, -0.25) is 4.90 Å². The molecule has 4 nitrogen and oxygen atoms in total. The van der Waals surface area contributed by atoms with Gasteiger partial charge in [-0.2, -0.15) is 0 Å². The molecule has 22 heavy (non-hydrogen) atoms. The van der Waals surface area contributed by atoms with E-state index in [4.69, 9.17) is 9.47 Å². The first kappa shape index (κ1) is 18.9. The first-order valence-electron chi connectivity index (χ1n) is 8.05. The molecule has 0 spiro atoms. The summed E-state index contributed by atoms with van der Waals surface area (Å²) in [5, 5.41) is 10.2. The van der Waals surface area contributed by atoms with E-state index in [0.717, 1.165) is 18.8 Å². The van der Waals surface area contributed by atoms with Gasteiger partial charge in [0.1, 0.15) is 5.75 Å². The first-order chi connectivity index (χ1) is 10.4. The van der Waals surface area contributed by atoms with Gasteiger partial charge in [0.2, 0.25) is 0 Å². The van der Waals surface area contributed by atoms with E-state index in [0.29, 0.717) is 19.1 Å². The molecule has 1 rings (SSSR count). The monoisotopic (exact) mass is 309 g/mol. The van der Waals surface area contributed by atoms with E-state index in [2.05, 4.69) is 30.9 Å². The molecular formula is C18H31NO3. The fraction of sp³-hybridized carbons (Fsp3) is 0.667. The molecule has 126 valence electrons. The minimum atomic E-state index is -0.459. The van der Waals surface area contributed by atoms with Crippen LogP contribution in [0.2, 0.25) is 0 Å². The third-order valence-corrected chi connectivity index (χ3v) is 3.28. The highest BCUT2D eigenvalue weighted by molar-refractivity contribution is 5.27. The van der Waals surface area contributed by atoms with Crippen molar-refractivity contribution in [3.8, 4) is 5.75 Å². The van der Waals surface area contributed by atoms with Gasteiger partial charge in [0, 0.05) is 19.6 Å². The summed E-state index contributed by atoms with van der Waals surface area (Å²) >= 11 is 0. The van der Waals surface area contributed by atoms with Crippen LogP contribution in [0.4, 0.5) is 0 Å². The second-order valence-electron chi connectivity index (χ2n) is 6.47. The van der Waals surface area contributed by atoms with Crippen LogP contribution in [0.3, 0.4) is 0 Å². The SMILES string of the molecule is COc1ccc(CN(CC(C)C)C[C@H](O)COC(C)C)cc1. The summed E-state index contributed by atoms with van der Waals surface area (Å²) in [5.74, 6) is 1.42. The van der Waals surface area contributed by atoms with Gasteiger partial charge in [-0.25, -0.2) is 0 Å². The Morgan fingerprint density at radius 2 is 1.68 bits per heavy atom. The van der Waals surface area contributed by atoms with E-state index in [1.54, 1.807) is 7.11 Å². The zero-order chi connectivity index (χ0) is 16.5. The molecule has 0 aliphatic carbocycles. The third kappa shape index (κ3) is 7.78. The van der Waals surface area contributed by atoms with Crippen molar-refractivity contribution in [3.05, 3.63) is 29.8 Å². The van der Waals surface area contributed by atoms with E-state index in [1.807, 2.05) is 26.0 Å². The lowest BCUT2D eigenvalue weighted by molar-refractivity contribution is -0.0108. The van der Waals surface area contributed by atoms with Crippen LogP contribution in [0.25, 0.3) is 0 Å². The van der Waals surface area contributed by atoms with E-state index in [-0.39, 0.29) is 6.10 Å². The number of nitrogens with zero attached hydrogens (tertiary/aromatic N) is 1. The van der Waals surface area contributed by atoms with Gasteiger partial charge in [-0.1, -0.05) is 26.0 Å². The molecule has 0 heterocycles. The summed E-state index contributed by atoms with van der Waals surface area (Å²) in [6.45, 7) is 11.1. The molecule has 0 saturated carbocycles. The fourth-order valence-electron chi connectivity index (χ4n) is 2.36. The lowest BCUT2D eigenvalue weighted by Crippen LogP contribution is -2.37. The number of hydrogen-bond donors (Lipinski definition) is 1. The van der Waals surface area contributed by atoms with Gasteiger partial charge in [0.05, 0.1) is 25.9 Å². The van der Waals surface area contributed by atoms with E-state index in [1.165, 1.54) is 5.56 Å². The molecule has 0 fully saturated rings. The predicted molar refractivity (Wildman–Crippen MR) is 90.2 cm³/mol. The molecule has 0 saturated heterocycles.